The van der Waals surface area contributed by atoms with E-state index in [1.807, 2.05) is 12.1 Å². The molecule has 1 fully saturated rings. The lowest BCUT2D eigenvalue weighted by atomic mass is 9.77. The van der Waals surface area contributed by atoms with E-state index >= 15 is 0 Å². The fourth-order valence-electron chi connectivity index (χ4n) is 4.82. The summed E-state index contributed by atoms with van der Waals surface area (Å²) in [6.45, 7) is 1.39. The number of benzene rings is 2. The highest BCUT2D eigenvalue weighted by molar-refractivity contribution is 6.31. The highest BCUT2D eigenvalue weighted by Crippen LogP contribution is 2.51. The van der Waals surface area contributed by atoms with Crippen molar-refractivity contribution in [3.05, 3.63) is 74.8 Å². The molecule has 0 saturated carbocycles. The quantitative estimate of drug-likeness (QED) is 0.381. The van der Waals surface area contributed by atoms with Crippen molar-refractivity contribution < 1.29 is 14.4 Å². The summed E-state index contributed by atoms with van der Waals surface area (Å²) in [7, 11) is 0. The maximum atomic E-state index is 11.3. The molecular weight excluding hydrogens is 404 g/mol. The average Bonchev–Trinajstić information content (AvgIpc) is 3.44. The number of hydrogen-bond acceptors (Lipinski definition) is 5. The monoisotopic (exact) mass is 426 g/mol. The molecule has 2 aliphatic heterocycles. The molecule has 0 radical (unpaired) electrons. The lowest BCUT2D eigenvalue weighted by Gasteiger charge is -2.38. The Kier molecular flexibility index (Phi) is 5.13. The number of nitro benzene ring substituents is 1. The Morgan fingerprint density at radius 3 is 2.93 bits per heavy atom. The van der Waals surface area contributed by atoms with Gasteiger partial charge in [0.15, 0.2) is 0 Å². The first-order valence-electron chi connectivity index (χ1n) is 10.4. The topological polar surface area (TPSA) is 73.6 Å². The fourth-order valence-corrected chi connectivity index (χ4v) is 5.05. The number of nitrogens with zero attached hydrogens (tertiary/aromatic N) is 1. The summed E-state index contributed by atoms with van der Waals surface area (Å²) in [5.74, 6) is 1.30. The van der Waals surface area contributed by atoms with E-state index in [9.17, 15) is 10.1 Å². The Morgan fingerprint density at radius 1 is 1.23 bits per heavy atom. The Hall–Kier alpha value is -2.57. The summed E-state index contributed by atoms with van der Waals surface area (Å²) in [4.78, 5) is 10.9. The van der Waals surface area contributed by atoms with Crippen LogP contribution in [0.15, 0.2) is 48.6 Å². The molecule has 2 aromatic rings. The van der Waals surface area contributed by atoms with E-state index in [4.69, 9.17) is 21.1 Å². The lowest BCUT2D eigenvalue weighted by molar-refractivity contribution is -0.384. The number of rotatable bonds is 5. The largest absolute Gasteiger partial charge is 0.491 e. The molecule has 3 aliphatic rings. The first-order valence-corrected chi connectivity index (χ1v) is 10.7. The van der Waals surface area contributed by atoms with Crippen molar-refractivity contribution in [2.75, 3.05) is 18.5 Å². The average molecular weight is 427 g/mol. The zero-order valence-electron chi connectivity index (χ0n) is 16.4. The van der Waals surface area contributed by atoms with Crippen LogP contribution in [-0.2, 0) is 4.74 Å². The van der Waals surface area contributed by atoms with Gasteiger partial charge in [-0.15, -0.1) is 0 Å². The van der Waals surface area contributed by atoms with Gasteiger partial charge in [-0.1, -0.05) is 23.8 Å². The smallest absolute Gasteiger partial charge is 0.269 e. The predicted octanol–water partition coefficient (Wildman–Crippen LogP) is 5.63. The van der Waals surface area contributed by atoms with E-state index < -0.39 is 0 Å². The second-order valence-electron chi connectivity index (χ2n) is 8.13. The van der Waals surface area contributed by atoms with Crippen LogP contribution in [0.5, 0.6) is 5.75 Å². The summed E-state index contributed by atoms with van der Waals surface area (Å²) in [6, 6.07) is 10.7. The molecule has 0 spiro atoms. The molecule has 1 saturated heterocycles. The third kappa shape index (κ3) is 3.55. The zero-order valence-corrected chi connectivity index (χ0v) is 17.2. The van der Waals surface area contributed by atoms with Crippen molar-refractivity contribution >= 4 is 23.0 Å². The SMILES string of the molecule is O=[N+]([O-])c1ccc(Cl)c(C2Nc3ccc(OCC4CCCO4)cc3C3C=CCC32)c1. The molecular formula is C23H23ClN2O4. The fraction of sp³-hybridized carbons (Fsp3) is 0.391. The standard InChI is InChI=1S/C23H23ClN2O4/c24-21-8-6-14(26(27)28)11-20(21)23-18-5-1-4-17(18)19-12-15(7-9-22(19)25-23)30-13-16-3-2-10-29-16/h1,4,6-9,11-12,16-18,23,25H,2-3,5,10,13H2. The second-order valence-corrected chi connectivity index (χ2v) is 8.54. The molecule has 30 heavy (non-hydrogen) atoms. The van der Waals surface area contributed by atoms with Crippen LogP contribution in [0.3, 0.4) is 0 Å². The van der Waals surface area contributed by atoms with Crippen LogP contribution in [0.2, 0.25) is 5.02 Å². The number of halogens is 1. The summed E-state index contributed by atoms with van der Waals surface area (Å²) >= 11 is 6.47. The van der Waals surface area contributed by atoms with Gasteiger partial charge in [-0.2, -0.15) is 0 Å². The molecule has 1 N–H and O–H groups in total. The molecule has 156 valence electrons. The van der Waals surface area contributed by atoms with Crippen LogP contribution >= 0.6 is 11.6 Å². The van der Waals surface area contributed by atoms with E-state index in [-0.39, 0.29) is 34.6 Å². The molecule has 0 aromatic heterocycles. The molecule has 4 atom stereocenters. The summed E-state index contributed by atoms with van der Waals surface area (Å²) in [6.07, 6.45) is 7.63. The highest BCUT2D eigenvalue weighted by atomic mass is 35.5. The third-order valence-electron chi connectivity index (χ3n) is 6.32. The summed E-state index contributed by atoms with van der Waals surface area (Å²) in [5.41, 5.74) is 3.03. The van der Waals surface area contributed by atoms with Crippen molar-refractivity contribution in [1.82, 2.24) is 0 Å². The van der Waals surface area contributed by atoms with E-state index in [1.165, 1.54) is 11.6 Å². The molecule has 7 heteroatoms. The first kappa shape index (κ1) is 19.4. The van der Waals surface area contributed by atoms with Crippen molar-refractivity contribution in [1.29, 1.82) is 0 Å². The van der Waals surface area contributed by atoms with E-state index in [0.29, 0.717) is 11.6 Å². The van der Waals surface area contributed by atoms with Gasteiger partial charge >= 0.3 is 0 Å². The number of allylic oxidation sites excluding steroid dienone is 2. The molecule has 2 aromatic carbocycles. The van der Waals surface area contributed by atoms with Gasteiger partial charge in [0, 0.05) is 40.9 Å². The Labute approximate surface area is 180 Å². The van der Waals surface area contributed by atoms with Crippen LogP contribution in [0.4, 0.5) is 11.4 Å². The van der Waals surface area contributed by atoms with Crippen LogP contribution in [-0.4, -0.2) is 24.2 Å². The molecule has 0 bridgehead atoms. The van der Waals surface area contributed by atoms with Gasteiger partial charge < -0.3 is 14.8 Å². The number of nitrogens with one attached hydrogen (secondary N) is 1. The number of anilines is 1. The normalized spacial score (nSPS) is 26.7. The molecule has 6 nitrogen and oxygen atoms in total. The number of ether oxygens (including phenoxy) is 2. The van der Waals surface area contributed by atoms with E-state index in [0.717, 1.165) is 42.9 Å². The Morgan fingerprint density at radius 2 is 2.13 bits per heavy atom. The predicted molar refractivity (Wildman–Crippen MR) is 115 cm³/mol. The third-order valence-corrected chi connectivity index (χ3v) is 6.66. The van der Waals surface area contributed by atoms with E-state index in [2.05, 4.69) is 23.5 Å². The number of hydrogen-bond donors (Lipinski definition) is 1. The summed E-state index contributed by atoms with van der Waals surface area (Å²) in [5, 5.41) is 15.4. The minimum atomic E-state index is -0.376. The van der Waals surface area contributed by atoms with Gasteiger partial charge in [-0.3, -0.25) is 10.1 Å². The Balaban J connectivity index is 1.43. The van der Waals surface area contributed by atoms with Crippen molar-refractivity contribution in [2.24, 2.45) is 5.92 Å². The maximum absolute atomic E-state index is 11.3. The molecule has 4 unspecified atom stereocenters. The van der Waals surface area contributed by atoms with Crippen LogP contribution in [0, 0.1) is 16.0 Å². The zero-order chi connectivity index (χ0) is 20.7. The first-order chi connectivity index (χ1) is 14.6. The van der Waals surface area contributed by atoms with Gasteiger partial charge in [-0.25, -0.2) is 0 Å². The van der Waals surface area contributed by atoms with Crippen LogP contribution < -0.4 is 10.1 Å². The molecule has 2 heterocycles. The lowest BCUT2D eigenvalue weighted by Crippen LogP contribution is -2.29. The van der Waals surface area contributed by atoms with Gasteiger partial charge in [0.05, 0.1) is 17.1 Å². The summed E-state index contributed by atoms with van der Waals surface area (Å²) < 4.78 is 11.7. The van der Waals surface area contributed by atoms with Crippen LogP contribution in [0.1, 0.15) is 42.3 Å². The minimum Gasteiger partial charge on any atom is -0.491 e. The van der Waals surface area contributed by atoms with Gasteiger partial charge in [0.1, 0.15) is 12.4 Å². The molecule has 0 amide bonds. The molecule has 5 rings (SSSR count). The maximum Gasteiger partial charge on any atom is 0.269 e. The number of fused-ring (bicyclic) bond motifs is 3. The van der Waals surface area contributed by atoms with Crippen molar-refractivity contribution in [3.63, 3.8) is 0 Å². The van der Waals surface area contributed by atoms with Crippen molar-refractivity contribution in [3.8, 4) is 5.75 Å². The van der Waals surface area contributed by atoms with Crippen molar-refractivity contribution in [2.45, 2.75) is 37.3 Å². The number of nitro groups is 1. The van der Waals surface area contributed by atoms with Gasteiger partial charge in [0.2, 0.25) is 0 Å². The van der Waals surface area contributed by atoms with E-state index in [1.54, 1.807) is 12.1 Å². The number of non-ortho nitro benzene ring substituents is 1. The molecule has 1 aliphatic carbocycles. The van der Waals surface area contributed by atoms with Crippen LogP contribution in [0.25, 0.3) is 0 Å². The second kappa shape index (κ2) is 7.93. The Bertz CT molecular complexity index is 1000. The highest BCUT2D eigenvalue weighted by Gasteiger charge is 2.39. The minimum absolute atomic E-state index is 0.0578. The van der Waals surface area contributed by atoms with Gasteiger partial charge in [0.25, 0.3) is 5.69 Å². The van der Waals surface area contributed by atoms with Gasteiger partial charge in [-0.05, 0) is 55.0 Å².